The third-order valence-corrected chi connectivity index (χ3v) is 6.19. The van der Waals surface area contributed by atoms with Crippen molar-refractivity contribution in [2.24, 2.45) is 0 Å². The summed E-state index contributed by atoms with van der Waals surface area (Å²) in [5, 5.41) is 0. The summed E-state index contributed by atoms with van der Waals surface area (Å²) >= 11 is 0. The Balaban J connectivity index is 1.51. The van der Waals surface area contributed by atoms with Gasteiger partial charge in [-0.3, -0.25) is 0 Å². The molecule has 0 saturated carbocycles. The minimum atomic E-state index is -0.889. The number of hydrogen-bond donors (Lipinski definition) is 0. The summed E-state index contributed by atoms with van der Waals surface area (Å²) in [6.45, 7) is 3.62. The topological polar surface area (TPSA) is 0 Å². The summed E-state index contributed by atoms with van der Waals surface area (Å²) in [5.41, 5.74) is 4.26. The highest BCUT2D eigenvalue weighted by Gasteiger charge is 2.16. The van der Waals surface area contributed by atoms with Gasteiger partial charge in [0.1, 0.15) is 0 Å². The van der Waals surface area contributed by atoms with Crippen LogP contribution in [0.15, 0.2) is 72.8 Å². The van der Waals surface area contributed by atoms with Gasteiger partial charge < -0.3 is 0 Å². The molecule has 0 radical (unpaired) electrons. The highest BCUT2D eigenvalue weighted by atomic mass is 19.2. The van der Waals surface area contributed by atoms with Crippen molar-refractivity contribution in [1.82, 2.24) is 0 Å². The van der Waals surface area contributed by atoms with E-state index in [2.05, 4.69) is 6.92 Å². The lowest BCUT2D eigenvalue weighted by molar-refractivity contribution is 0.493. The first-order valence-corrected chi connectivity index (χ1v) is 11.5. The van der Waals surface area contributed by atoms with Crippen LogP contribution in [0.4, 0.5) is 17.6 Å². The van der Waals surface area contributed by atoms with Crippen LogP contribution < -0.4 is 0 Å². The molecule has 34 heavy (non-hydrogen) atoms. The molecule has 0 spiro atoms. The zero-order valence-electron chi connectivity index (χ0n) is 19.3. The van der Waals surface area contributed by atoms with E-state index in [0.717, 1.165) is 18.4 Å². The lowest BCUT2D eigenvalue weighted by Crippen LogP contribution is -1.99. The molecule has 0 saturated heterocycles. The molecule has 0 amide bonds. The first-order chi connectivity index (χ1) is 16.4. The zero-order chi connectivity index (χ0) is 24.2. The molecule has 4 rings (SSSR count). The molecule has 0 bridgehead atoms. The first-order valence-electron chi connectivity index (χ1n) is 11.5. The Hall–Kier alpha value is -3.40. The van der Waals surface area contributed by atoms with E-state index in [1.165, 1.54) is 12.5 Å². The Bertz CT molecular complexity index is 1290. The summed E-state index contributed by atoms with van der Waals surface area (Å²) in [6, 6.07) is 20.9. The fourth-order valence-electron chi connectivity index (χ4n) is 4.14. The molecule has 174 valence electrons. The second kappa shape index (κ2) is 10.3. The van der Waals surface area contributed by atoms with Gasteiger partial charge in [0.25, 0.3) is 0 Å². The van der Waals surface area contributed by atoms with Crippen LogP contribution in [0.1, 0.15) is 35.6 Å². The monoisotopic (exact) mass is 462 g/mol. The van der Waals surface area contributed by atoms with Crippen molar-refractivity contribution in [1.29, 1.82) is 0 Å². The predicted octanol–water partition coefficient (Wildman–Crippen LogP) is 8.62. The van der Waals surface area contributed by atoms with Crippen molar-refractivity contribution in [3.05, 3.63) is 118 Å². The summed E-state index contributed by atoms with van der Waals surface area (Å²) in [4.78, 5) is 0. The van der Waals surface area contributed by atoms with Gasteiger partial charge >= 0.3 is 0 Å². The highest BCUT2D eigenvalue weighted by molar-refractivity contribution is 5.72. The van der Waals surface area contributed by atoms with Gasteiger partial charge in [0.15, 0.2) is 23.3 Å². The normalized spacial score (nSPS) is 11.1. The smallest absolute Gasteiger partial charge is 0.167 e. The largest absolute Gasteiger partial charge is 0.203 e. The molecular formula is C30H26F4. The van der Waals surface area contributed by atoms with Crippen molar-refractivity contribution >= 4 is 0 Å². The molecule has 0 aliphatic heterocycles. The van der Waals surface area contributed by atoms with Crippen LogP contribution in [0.5, 0.6) is 0 Å². The molecule has 4 heteroatoms. The number of hydrogen-bond acceptors (Lipinski definition) is 0. The molecule has 0 atom stereocenters. The minimum absolute atomic E-state index is 0.182. The van der Waals surface area contributed by atoms with Crippen LogP contribution in [-0.2, 0) is 19.3 Å². The number of rotatable bonds is 7. The van der Waals surface area contributed by atoms with E-state index >= 15 is 0 Å². The Morgan fingerprint density at radius 1 is 0.500 bits per heavy atom. The van der Waals surface area contributed by atoms with Gasteiger partial charge in [-0.05, 0) is 59.6 Å². The molecule has 0 aromatic heterocycles. The van der Waals surface area contributed by atoms with E-state index < -0.39 is 23.3 Å². The summed E-state index contributed by atoms with van der Waals surface area (Å²) < 4.78 is 57.8. The molecule has 0 aliphatic rings. The SMILES string of the molecule is CCCc1ccc(-c2ccc(-c3ccc(CCc4ccc(C)c(F)c4F)cc3)c(F)c2F)cc1. The average Bonchev–Trinajstić information content (AvgIpc) is 2.85. The fourth-order valence-corrected chi connectivity index (χ4v) is 4.14. The maximum atomic E-state index is 15.0. The van der Waals surface area contributed by atoms with Gasteiger partial charge in [0, 0.05) is 11.1 Å². The van der Waals surface area contributed by atoms with Crippen LogP contribution in [0.3, 0.4) is 0 Å². The molecule has 0 heterocycles. The summed E-state index contributed by atoms with van der Waals surface area (Å²) in [6.07, 6.45) is 2.82. The Morgan fingerprint density at radius 2 is 1.00 bits per heavy atom. The maximum absolute atomic E-state index is 15.0. The fraction of sp³-hybridized carbons (Fsp3) is 0.200. The van der Waals surface area contributed by atoms with Gasteiger partial charge in [0.2, 0.25) is 0 Å². The molecule has 0 nitrogen and oxygen atoms in total. The van der Waals surface area contributed by atoms with E-state index in [1.807, 2.05) is 24.3 Å². The second-order valence-electron chi connectivity index (χ2n) is 8.60. The average molecular weight is 463 g/mol. The first kappa shape index (κ1) is 23.7. The molecule has 4 aromatic rings. The third-order valence-electron chi connectivity index (χ3n) is 6.19. The van der Waals surface area contributed by atoms with Crippen molar-refractivity contribution < 1.29 is 17.6 Å². The van der Waals surface area contributed by atoms with E-state index in [1.54, 1.807) is 48.5 Å². The predicted molar refractivity (Wildman–Crippen MR) is 130 cm³/mol. The quantitative estimate of drug-likeness (QED) is 0.241. The third kappa shape index (κ3) is 4.91. The van der Waals surface area contributed by atoms with Crippen LogP contribution in [-0.4, -0.2) is 0 Å². The molecule has 0 N–H and O–H groups in total. The van der Waals surface area contributed by atoms with Crippen LogP contribution in [0, 0.1) is 30.2 Å². The Kier molecular flexibility index (Phi) is 7.16. The maximum Gasteiger partial charge on any atom is 0.167 e. The van der Waals surface area contributed by atoms with Crippen LogP contribution >= 0.6 is 0 Å². The van der Waals surface area contributed by atoms with E-state index in [0.29, 0.717) is 29.5 Å². The highest BCUT2D eigenvalue weighted by Crippen LogP contribution is 2.32. The number of benzene rings is 4. The lowest BCUT2D eigenvalue weighted by atomic mass is 9.96. The minimum Gasteiger partial charge on any atom is -0.203 e. The van der Waals surface area contributed by atoms with Crippen molar-refractivity contribution in [3.63, 3.8) is 0 Å². The number of aryl methyl sites for hydroxylation is 4. The van der Waals surface area contributed by atoms with E-state index in [4.69, 9.17) is 0 Å². The zero-order valence-corrected chi connectivity index (χ0v) is 19.3. The molecule has 0 fully saturated rings. The van der Waals surface area contributed by atoms with Gasteiger partial charge in [-0.1, -0.05) is 86.1 Å². The Morgan fingerprint density at radius 3 is 1.50 bits per heavy atom. The molecule has 0 aliphatic carbocycles. The summed E-state index contributed by atoms with van der Waals surface area (Å²) in [5.74, 6) is -3.39. The second-order valence-corrected chi connectivity index (χ2v) is 8.60. The Labute approximate surface area is 197 Å². The van der Waals surface area contributed by atoms with Gasteiger partial charge in [-0.2, -0.15) is 0 Å². The van der Waals surface area contributed by atoms with Gasteiger partial charge in [-0.25, -0.2) is 17.6 Å². The molecule has 0 unspecified atom stereocenters. The van der Waals surface area contributed by atoms with Gasteiger partial charge in [0.05, 0.1) is 0 Å². The molecular weight excluding hydrogens is 436 g/mol. The van der Waals surface area contributed by atoms with Crippen molar-refractivity contribution in [2.45, 2.75) is 39.5 Å². The summed E-state index contributed by atoms with van der Waals surface area (Å²) in [7, 11) is 0. The van der Waals surface area contributed by atoms with Crippen molar-refractivity contribution in [3.8, 4) is 22.3 Å². The van der Waals surface area contributed by atoms with Crippen LogP contribution in [0.25, 0.3) is 22.3 Å². The lowest BCUT2D eigenvalue weighted by Gasteiger charge is -2.11. The standard InChI is InChI=1S/C30H26F4/c1-3-4-20-6-12-22(13-7-20)25-17-18-26(30(34)29(25)33)23-14-8-21(9-15-23)10-16-24-11-5-19(2)27(31)28(24)32/h5-9,11-15,17-18H,3-4,10,16H2,1-2H3. The number of halogens is 4. The van der Waals surface area contributed by atoms with E-state index in [9.17, 15) is 17.6 Å². The van der Waals surface area contributed by atoms with Crippen molar-refractivity contribution in [2.75, 3.05) is 0 Å². The molecule has 4 aromatic carbocycles. The van der Waals surface area contributed by atoms with E-state index in [-0.39, 0.29) is 16.7 Å². The van der Waals surface area contributed by atoms with Gasteiger partial charge in [-0.15, -0.1) is 0 Å². The van der Waals surface area contributed by atoms with Crippen LogP contribution in [0.2, 0.25) is 0 Å².